The highest BCUT2D eigenvalue weighted by Crippen LogP contribution is 2.47. The van der Waals surface area contributed by atoms with E-state index in [0.29, 0.717) is 0 Å². The summed E-state index contributed by atoms with van der Waals surface area (Å²) in [6.07, 6.45) is 4.69. The Morgan fingerprint density at radius 2 is 0.853 bits per heavy atom. The SMILES string of the molecule is CC1=CC(C)(C)Nc2c1cc(-c1cc3c(c4ccccc14)NC(C)(C)C=C3C)c1ccccc21. The van der Waals surface area contributed by atoms with Crippen molar-refractivity contribution in [3.05, 3.63) is 83.9 Å². The van der Waals surface area contributed by atoms with E-state index < -0.39 is 0 Å². The minimum Gasteiger partial charge on any atom is -0.376 e. The lowest BCUT2D eigenvalue weighted by atomic mass is 9.82. The molecule has 4 aromatic rings. The fourth-order valence-electron chi connectivity index (χ4n) is 6.04. The van der Waals surface area contributed by atoms with Gasteiger partial charge in [0.05, 0.1) is 22.5 Å². The number of anilines is 2. The zero-order valence-corrected chi connectivity index (χ0v) is 20.9. The maximum Gasteiger partial charge on any atom is 0.0506 e. The molecule has 6 rings (SSSR count). The van der Waals surface area contributed by atoms with E-state index in [4.69, 9.17) is 0 Å². The Kier molecular flexibility index (Phi) is 4.33. The number of nitrogens with one attached hydrogen (secondary N) is 2. The molecule has 4 aromatic carbocycles. The van der Waals surface area contributed by atoms with Gasteiger partial charge in [0.25, 0.3) is 0 Å². The van der Waals surface area contributed by atoms with Crippen LogP contribution in [-0.4, -0.2) is 11.1 Å². The third-order valence-corrected chi connectivity index (χ3v) is 7.28. The Morgan fingerprint density at radius 3 is 1.24 bits per heavy atom. The Hall–Kier alpha value is -3.52. The van der Waals surface area contributed by atoms with Gasteiger partial charge >= 0.3 is 0 Å². The molecular formula is C32H32N2. The van der Waals surface area contributed by atoms with Gasteiger partial charge in [-0.15, -0.1) is 0 Å². The van der Waals surface area contributed by atoms with Gasteiger partial charge in [-0.2, -0.15) is 0 Å². The van der Waals surface area contributed by atoms with Crippen molar-refractivity contribution in [2.75, 3.05) is 10.6 Å². The minimum atomic E-state index is -0.0692. The van der Waals surface area contributed by atoms with Crippen molar-refractivity contribution in [3.63, 3.8) is 0 Å². The first-order valence-electron chi connectivity index (χ1n) is 12.2. The highest BCUT2D eigenvalue weighted by molar-refractivity contribution is 6.15. The maximum atomic E-state index is 3.80. The van der Waals surface area contributed by atoms with Crippen LogP contribution < -0.4 is 10.6 Å². The first-order valence-corrected chi connectivity index (χ1v) is 12.2. The molecule has 0 spiro atoms. The quantitative estimate of drug-likeness (QED) is 0.306. The topological polar surface area (TPSA) is 24.1 Å². The van der Waals surface area contributed by atoms with Gasteiger partial charge in [0.2, 0.25) is 0 Å². The van der Waals surface area contributed by atoms with Gasteiger partial charge in [0, 0.05) is 21.9 Å². The first-order chi connectivity index (χ1) is 16.1. The van der Waals surface area contributed by atoms with E-state index in [9.17, 15) is 0 Å². The van der Waals surface area contributed by atoms with Crippen LogP contribution >= 0.6 is 0 Å². The van der Waals surface area contributed by atoms with Gasteiger partial charge < -0.3 is 10.6 Å². The smallest absolute Gasteiger partial charge is 0.0506 e. The molecule has 170 valence electrons. The van der Waals surface area contributed by atoms with Crippen molar-refractivity contribution >= 4 is 44.1 Å². The van der Waals surface area contributed by atoms with Crippen LogP contribution in [0.5, 0.6) is 0 Å². The van der Waals surface area contributed by atoms with Crippen LogP contribution in [0.15, 0.2) is 72.8 Å². The number of benzene rings is 4. The van der Waals surface area contributed by atoms with Crippen molar-refractivity contribution in [2.45, 2.75) is 52.6 Å². The standard InChI is InChI=1S/C32H32N2/c1-19-17-31(3,4)33-29-23-13-9-7-11-21(23)27(15-25(19)29)28-16-26-20(2)18-32(5,6)34-30(26)24-14-10-8-12-22(24)28/h7-18,33-34H,1-6H3. The summed E-state index contributed by atoms with van der Waals surface area (Å²) in [4.78, 5) is 0. The van der Waals surface area contributed by atoms with E-state index >= 15 is 0 Å². The van der Waals surface area contributed by atoms with Crippen LogP contribution in [-0.2, 0) is 0 Å². The monoisotopic (exact) mass is 444 g/mol. The molecule has 0 radical (unpaired) electrons. The summed E-state index contributed by atoms with van der Waals surface area (Å²) in [7, 11) is 0. The Bertz CT molecular complexity index is 1440. The number of hydrogen-bond acceptors (Lipinski definition) is 2. The van der Waals surface area contributed by atoms with Gasteiger partial charge in [0.15, 0.2) is 0 Å². The lowest BCUT2D eigenvalue weighted by Crippen LogP contribution is -2.31. The zero-order valence-electron chi connectivity index (χ0n) is 20.9. The van der Waals surface area contributed by atoms with Gasteiger partial charge in [0.1, 0.15) is 0 Å². The number of allylic oxidation sites excluding steroid dienone is 2. The van der Waals surface area contributed by atoms with Crippen molar-refractivity contribution < 1.29 is 0 Å². The Balaban J connectivity index is 1.72. The second-order valence-electron chi connectivity index (χ2n) is 11.1. The number of hydrogen-bond donors (Lipinski definition) is 2. The molecule has 0 bridgehead atoms. The van der Waals surface area contributed by atoms with E-state index in [-0.39, 0.29) is 11.1 Å². The fraction of sp³-hybridized carbons (Fsp3) is 0.250. The number of fused-ring (bicyclic) bond motifs is 6. The van der Waals surface area contributed by atoms with E-state index in [0.717, 1.165) is 0 Å². The second-order valence-corrected chi connectivity index (χ2v) is 11.1. The van der Waals surface area contributed by atoms with Crippen LogP contribution in [0, 0.1) is 0 Å². The van der Waals surface area contributed by atoms with Gasteiger partial charge in [-0.05, 0) is 86.7 Å². The van der Waals surface area contributed by atoms with Crippen LogP contribution in [0.3, 0.4) is 0 Å². The van der Waals surface area contributed by atoms with Gasteiger partial charge in [-0.25, -0.2) is 0 Å². The molecule has 2 N–H and O–H groups in total. The van der Waals surface area contributed by atoms with Crippen molar-refractivity contribution in [3.8, 4) is 11.1 Å². The molecule has 34 heavy (non-hydrogen) atoms. The lowest BCUT2D eigenvalue weighted by Gasteiger charge is -2.34. The second kappa shape index (κ2) is 6.99. The van der Waals surface area contributed by atoms with E-state index in [1.54, 1.807) is 0 Å². The van der Waals surface area contributed by atoms with Crippen LogP contribution in [0.1, 0.15) is 52.7 Å². The molecule has 0 fully saturated rings. The van der Waals surface area contributed by atoms with Crippen molar-refractivity contribution in [1.82, 2.24) is 0 Å². The fourth-order valence-corrected chi connectivity index (χ4v) is 6.04. The highest BCUT2D eigenvalue weighted by atomic mass is 15.0. The molecule has 0 aliphatic carbocycles. The third kappa shape index (κ3) is 3.16. The largest absolute Gasteiger partial charge is 0.376 e. The summed E-state index contributed by atoms with van der Waals surface area (Å²) >= 11 is 0. The molecule has 2 heterocycles. The lowest BCUT2D eigenvalue weighted by molar-refractivity contribution is 0.708. The summed E-state index contributed by atoms with van der Waals surface area (Å²) < 4.78 is 0. The molecule has 2 aliphatic heterocycles. The Labute approximate surface area is 202 Å². The van der Waals surface area contributed by atoms with E-state index in [1.165, 1.54) is 66.3 Å². The molecule has 0 aromatic heterocycles. The molecule has 0 atom stereocenters. The summed E-state index contributed by atoms with van der Waals surface area (Å²) in [5.74, 6) is 0. The summed E-state index contributed by atoms with van der Waals surface area (Å²) in [6.45, 7) is 13.4. The molecule has 0 amide bonds. The van der Waals surface area contributed by atoms with Gasteiger partial charge in [-0.3, -0.25) is 0 Å². The van der Waals surface area contributed by atoms with Crippen LogP contribution in [0.4, 0.5) is 11.4 Å². The highest BCUT2D eigenvalue weighted by Gasteiger charge is 2.28. The third-order valence-electron chi connectivity index (χ3n) is 7.28. The summed E-state index contributed by atoms with van der Waals surface area (Å²) in [6, 6.07) is 22.5. The predicted octanol–water partition coefficient (Wildman–Crippen LogP) is 8.87. The van der Waals surface area contributed by atoms with Crippen molar-refractivity contribution in [1.29, 1.82) is 0 Å². The normalized spacial score (nSPS) is 17.8. The zero-order chi connectivity index (χ0) is 23.8. The van der Waals surface area contributed by atoms with Crippen molar-refractivity contribution in [2.24, 2.45) is 0 Å². The Morgan fingerprint density at radius 1 is 0.500 bits per heavy atom. The van der Waals surface area contributed by atoms with Crippen LogP contribution in [0.2, 0.25) is 0 Å². The molecule has 0 unspecified atom stereocenters. The van der Waals surface area contributed by atoms with Gasteiger partial charge in [-0.1, -0.05) is 60.7 Å². The van der Waals surface area contributed by atoms with Crippen LogP contribution in [0.25, 0.3) is 43.8 Å². The molecule has 0 saturated carbocycles. The molecule has 0 saturated heterocycles. The molecule has 2 aliphatic rings. The maximum absolute atomic E-state index is 3.80. The minimum absolute atomic E-state index is 0.0692. The van der Waals surface area contributed by atoms with E-state index in [2.05, 4.69) is 125 Å². The average Bonchev–Trinajstić information content (AvgIpc) is 2.77. The van der Waals surface area contributed by atoms with E-state index in [1.807, 2.05) is 0 Å². The molecule has 2 heteroatoms. The first kappa shape index (κ1) is 21.0. The predicted molar refractivity (Wildman–Crippen MR) is 150 cm³/mol. The summed E-state index contributed by atoms with van der Waals surface area (Å²) in [5, 5.41) is 12.7. The number of rotatable bonds is 1. The summed E-state index contributed by atoms with van der Waals surface area (Å²) in [5.41, 5.74) is 10.2. The molecular weight excluding hydrogens is 412 g/mol. The molecule has 2 nitrogen and oxygen atoms in total. The average molecular weight is 445 g/mol.